The Kier molecular flexibility index (Phi) is 11.0. The van der Waals surface area contributed by atoms with Gasteiger partial charge in [-0.25, -0.2) is 0 Å². The molecule has 0 N–H and O–H groups in total. The lowest BCUT2D eigenvalue weighted by Gasteiger charge is -2.49. The van der Waals surface area contributed by atoms with Gasteiger partial charge in [-0.3, -0.25) is 0 Å². The van der Waals surface area contributed by atoms with Gasteiger partial charge >= 0.3 is 0 Å². The third-order valence-corrected chi connectivity index (χ3v) is 21.9. The van der Waals surface area contributed by atoms with Crippen LogP contribution in [0.5, 0.6) is 0 Å². The fourth-order valence-electron chi connectivity index (χ4n) is 15.3. The molecule has 0 spiro atoms. The molecular weight excluding hydrogens is 912 g/mol. The van der Waals surface area contributed by atoms with E-state index in [4.69, 9.17) is 0 Å². The molecule has 1 aromatic heterocycles. The maximum absolute atomic E-state index is 2.91. The molecule has 74 heavy (non-hydrogen) atoms. The molecule has 3 heterocycles. The molecule has 388 valence electrons. The van der Waals surface area contributed by atoms with Gasteiger partial charge < -0.3 is 9.80 Å². The fraction of sp³-hybridized carbons (Fsp3) is 0.543. The van der Waals surface area contributed by atoms with E-state index in [1.165, 1.54) is 153 Å². The summed E-state index contributed by atoms with van der Waals surface area (Å²) < 4.78 is 1.39. The lowest BCUT2D eigenvalue weighted by molar-refractivity contribution is 0.331. The number of benzene rings is 5. The zero-order chi connectivity index (χ0) is 52.8. The molecule has 4 heteroatoms. The molecule has 0 amide bonds. The van der Waals surface area contributed by atoms with Gasteiger partial charge in [0.15, 0.2) is 0 Å². The maximum atomic E-state index is 2.91. The molecule has 2 aliphatic heterocycles. The van der Waals surface area contributed by atoms with Crippen molar-refractivity contribution in [3.05, 3.63) is 123 Å². The summed E-state index contributed by atoms with van der Waals surface area (Å²) in [4.78, 5) is 5.70. The van der Waals surface area contributed by atoms with Crippen molar-refractivity contribution < 1.29 is 0 Å². The summed E-state index contributed by atoms with van der Waals surface area (Å²) >= 11 is 2.03. The van der Waals surface area contributed by atoms with Crippen molar-refractivity contribution in [3.63, 3.8) is 0 Å². The Morgan fingerprint density at radius 2 is 0.932 bits per heavy atom. The zero-order valence-corrected chi connectivity index (χ0v) is 50.0. The molecule has 0 atom stereocenters. The van der Waals surface area contributed by atoms with Crippen molar-refractivity contribution in [1.82, 2.24) is 0 Å². The summed E-state index contributed by atoms with van der Waals surface area (Å²) in [6.07, 6.45) is 13.7. The second-order valence-corrected chi connectivity index (χ2v) is 31.9. The number of hydrogen-bond acceptors (Lipinski definition) is 3. The third kappa shape index (κ3) is 7.64. The highest BCUT2D eigenvalue weighted by molar-refractivity contribution is 7.26. The average Bonchev–Trinajstić information content (AvgIpc) is 3.71. The smallest absolute Gasteiger partial charge is 0.254 e. The van der Waals surface area contributed by atoms with E-state index < -0.39 is 0 Å². The van der Waals surface area contributed by atoms with Crippen LogP contribution in [0.4, 0.5) is 33.4 Å². The number of anilines is 6. The van der Waals surface area contributed by atoms with Crippen molar-refractivity contribution in [2.75, 3.05) is 9.80 Å². The minimum absolute atomic E-state index is 0.0131. The highest BCUT2D eigenvalue weighted by atomic mass is 32.1. The molecule has 0 radical (unpaired) electrons. The lowest BCUT2D eigenvalue weighted by atomic mass is 9.33. The number of fused-ring (bicyclic) bond motifs is 9. The Morgan fingerprint density at radius 1 is 0.446 bits per heavy atom. The van der Waals surface area contributed by atoms with Gasteiger partial charge in [0.1, 0.15) is 0 Å². The summed E-state index contributed by atoms with van der Waals surface area (Å²) in [5.74, 6) is 0.531. The van der Waals surface area contributed by atoms with Crippen LogP contribution in [0.15, 0.2) is 72.8 Å². The average molecular weight is 1000 g/mol. The van der Waals surface area contributed by atoms with Gasteiger partial charge in [0.05, 0.1) is 5.00 Å². The van der Waals surface area contributed by atoms with Crippen LogP contribution in [-0.4, -0.2) is 6.71 Å². The highest BCUT2D eigenvalue weighted by Gasteiger charge is 2.50. The second kappa shape index (κ2) is 16.1. The number of hydrogen-bond donors (Lipinski definition) is 0. The maximum Gasteiger partial charge on any atom is 0.254 e. The largest absolute Gasteiger partial charge is 0.311 e. The van der Waals surface area contributed by atoms with E-state index in [0.29, 0.717) is 5.92 Å². The topological polar surface area (TPSA) is 6.48 Å². The molecule has 4 aliphatic carbocycles. The first-order chi connectivity index (χ1) is 34.4. The first-order valence-electron chi connectivity index (χ1n) is 29.3. The number of rotatable bonds is 3. The predicted octanol–water partition coefficient (Wildman–Crippen LogP) is 18.7. The molecule has 2 nitrogen and oxygen atoms in total. The Labute approximate surface area is 452 Å². The normalized spacial score (nSPS) is 21.8. The molecule has 0 bridgehead atoms. The van der Waals surface area contributed by atoms with Gasteiger partial charge in [-0.05, 0) is 215 Å². The SMILES string of the molecule is CC(C)(C)c1cc2c3c(c1)N(c1ccc4c(c1)C(C)(C)CCC4(C)C)c1sc4ccc(C(C)(C)C)cc4c1B3c1cc3c(cc1N2c1cc2c(cc1C1CCCCC1)C(C)(C)CCC2(C)C)C(C)(C)CCC3(C)C. The van der Waals surface area contributed by atoms with E-state index in [2.05, 4.69) is 207 Å². The van der Waals surface area contributed by atoms with Crippen LogP contribution in [0.25, 0.3) is 10.1 Å². The van der Waals surface area contributed by atoms with Crippen molar-refractivity contribution in [1.29, 1.82) is 0 Å². The van der Waals surface area contributed by atoms with Crippen molar-refractivity contribution in [2.45, 2.75) is 244 Å². The van der Waals surface area contributed by atoms with Gasteiger partial charge in [-0.1, -0.05) is 174 Å². The molecule has 6 aromatic rings. The van der Waals surface area contributed by atoms with E-state index in [1.807, 2.05) is 11.3 Å². The van der Waals surface area contributed by atoms with Crippen LogP contribution in [-0.2, 0) is 43.3 Å². The van der Waals surface area contributed by atoms with E-state index in [-0.39, 0.29) is 50.0 Å². The van der Waals surface area contributed by atoms with Crippen LogP contribution in [0.1, 0.15) is 251 Å². The van der Waals surface area contributed by atoms with Gasteiger partial charge in [0.25, 0.3) is 6.71 Å². The summed E-state index contributed by atoms with van der Waals surface area (Å²) in [7, 11) is 0. The second-order valence-electron chi connectivity index (χ2n) is 30.8. The van der Waals surface area contributed by atoms with Gasteiger partial charge in [0, 0.05) is 33.1 Å². The minimum Gasteiger partial charge on any atom is -0.311 e. The molecule has 5 aromatic carbocycles. The molecular formula is C70H89BN2S. The van der Waals surface area contributed by atoms with Crippen molar-refractivity contribution in [3.8, 4) is 0 Å². The first kappa shape index (κ1) is 50.5. The number of nitrogens with zero attached hydrogens (tertiary/aromatic N) is 2. The van der Waals surface area contributed by atoms with Gasteiger partial charge in [0.2, 0.25) is 0 Å². The molecule has 1 saturated carbocycles. The third-order valence-electron chi connectivity index (χ3n) is 20.8. The predicted molar refractivity (Wildman–Crippen MR) is 325 cm³/mol. The monoisotopic (exact) mass is 1000 g/mol. The van der Waals surface area contributed by atoms with E-state index in [0.717, 1.165) is 0 Å². The Bertz CT molecular complexity index is 3310. The van der Waals surface area contributed by atoms with Gasteiger partial charge in [-0.2, -0.15) is 0 Å². The Hall–Kier alpha value is -4.28. The van der Waals surface area contributed by atoms with E-state index in [1.54, 1.807) is 27.8 Å². The minimum atomic E-state index is -0.0987. The molecule has 1 fully saturated rings. The first-order valence-corrected chi connectivity index (χ1v) is 30.1. The van der Waals surface area contributed by atoms with Gasteiger partial charge in [-0.15, -0.1) is 11.3 Å². The van der Waals surface area contributed by atoms with Crippen LogP contribution in [0, 0.1) is 0 Å². The van der Waals surface area contributed by atoms with Crippen LogP contribution in [0.2, 0.25) is 0 Å². The zero-order valence-electron chi connectivity index (χ0n) is 49.2. The number of thiophene rings is 1. The van der Waals surface area contributed by atoms with Crippen LogP contribution in [0.3, 0.4) is 0 Å². The fourth-order valence-corrected chi connectivity index (χ4v) is 16.5. The molecule has 0 unspecified atom stereocenters. The highest BCUT2D eigenvalue weighted by Crippen LogP contribution is 2.57. The summed E-state index contributed by atoms with van der Waals surface area (Å²) in [6, 6.07) is 31.7. The Balaban J connectivity index is 1.26. The quantitative estimate of drug-likeness (QED) is 0.163. The standard InChI is InChI=1S/C70H89BN2S/c1-63(2,3)43-24-27-59-47(34-43)60-62(74-59)72(45-25-26-48-49(37-45)66(9,10)29-28-65(48,7)8)57-35-44(64(4,5)6)36-58-61(57)71(60)54-39-51-53(70(17,18)33-31-68(51,13)14)41-56(54)73(58)55-40-52-50(67(11,12)30-32-69(52,15)16)38-46(55)42-22-20-19-21-23-42/h24-27,34-42H,19-23,28-33H2,1-18H3. The summed E-state index contributed by atoms with van der Waals surface area (Å²) in [5.41, 5.74) is 25.6. The summed E-state index contributed by atoms with van der Waals surface area (Å²) in [5, 5.41) is 2.83. The van der Waals surface area contributed by atoms with E-state index >= 15 is 0 Å². The molecule has 12 rings (SSSR count). The van der Waals surface area contributed by atoms with Crippen LogP contribution >= 0.6 is 11.3 Å². The molecule has 6 aliphatic rings. The summed E-state index contributed by atoms with van der Waals surface area (Å²) in [6.45, 7) is 44.9. The van der Waals surface area contributed by atoms with Crippen LogP contribution < -0.4 is 26.2 Å². The van der Waals surface area contributed by atoms with E-state index in [9.17, 15) is 0 Å². The Morgan fingerprint density at radius 3 is 1.49 bits per heavy atom. The molecule has 0 saturated heterocycles. The van der Waals surface area contributed by atoms with Crippen molar-refractivity contribution in [2.24, 2.45) is 0 Å². The lowest BCUT2D eigenvalue weighted by Crippen LogP contribution is -2.61. The van der Waals surface area contributed by atoms with Crippen molar-refractivity contribution >= 4 is 78.0 Å².